The summed E-state index contributed by atoms with van der Waals surface area (Å²) in [4.78, 5) is 9.76. The van der Waals surface area contributed by atoms with Crippen molar-refractivity contribution in [1.82, 2.24) is 9.88 Å². The highest BCUT2D eigenvalue weighted by molar-refractivity contribution is 7.22. The highest BCUT2D eigenvalue weighted by Crippen LogP contribution is 2.36. The summed E-state index contributed by atoms with van der Waals surface area (Å²) in [6.07, 6.45) is 1.95. The lowest BCUT2D eigenvalue weighted by Gasteiger charge is -2.36. The number of hydrogen-bond donors (Lipinski definition) is 0. The molecule has 0 N–H and O–H groups in total. The van der Waals surface area contributed by atoms with Gasteiger partial charge in [-0.2, -0.15) is 5.26 Å². The third-order valence-electron chi connectivity index (χ3n) is 6.44. The third kappa shape index (κ3) is 4.21. The first-order valence-corrected chi connectivity index (χ1v) is 11.7. The number of nitrogens with zero attached hydrogens (tertiary/aromatic N) is 4. The van der Waals surface area contributed by atoms with Crippen molar-refractivity contribution in [3.8, 4) is 6.07 Å². The summed E-state index contributed by atoms with van der Waals surface area (Å²) in [6.45, 7) is 9.56. The van der Waals surface area contributed by atoms with E-state index in [0.29, 0.717) is 5.92 Å². The van der Waals surface area contributed by atoms with E-state index in [4.69, 9.17) is 4.98 Å². The van der Waals surface area contributed by atoms with E-state index in [1.54, 1.807) is 11.3 Å². The summed E-state index contributed by atoms with van der Waals surface area (Å²) >= 11 is 1.79. The molecule has 1 atom stereocenters. The van der Waals surface area contributed by atoms with Crippen LogP contribution in [0, 0.1) is 17.2 Å². The van der Waals surface area contributed by atoms with Crippen LogP contribution in [-0.4, -0.2) is 42.6 Å². The predicted octanol–water partition coefficient (Wildman–Crippen LogP) is 5.32. The zero-order valence-corrected chi connectivity index (χ0v) is 18.7. The lowest BCUT2D eigenvalue weighted by molar-refractivity contribution is 0.239. The van der Waals surface area contributed by atoms with Crippen LogP contribution in [0.25, 0.3) is 10.2 Å². The molecule has 1 aliphatic rings. The van der Waals surface area contributed by atoms with Crippen LogP contribution in [0.4, 0.5) is 5.13 Å². The van der Waals surface area contributed by atoms with Gasteiger partial charge in [0.15, 0.2) is 5.13 Å². The quantitative estimate of drug-likeness (QED) is 0.521. The molecule has 2 heterocycles. The van der Waals surface area contributed by atoms with Crippen molar-refractivity contribution < 1.29 is 0 Å². The first kappa shape index (κ1) is 20.8. The molecular formula is C25H30N4S. The summed E-state index contributed by atoms with van der Waals surface area (Å²) in [5.74, 6) is 0.292. The Balaban J connectivity index is 1.32. The molecule has 1 aliphatic heterocycles. The van der Waals surface area contributed by atoms with Gasteiger partial charge < -0.3 is 4.90 Å². The number of hydrogen-bond acceptors (Lipinski definition) is 5. The normalized spacial score (nSPS) is 17.2. The van der Waals surface area contributed by atoms with Crippen molar-refractivity contribution in [2.45, 2.75) is 32.1 Å². The van der Waals surface area contributed by atoms with Crippen molar-refractivity contribution in [1.29, 1.82) is 5.26 Å². The zero-order valence-electron chi connectivity index (χ0n) is 17.9. The van der Waals surface area contributed by atoms with Crippen LogP contribution in [0.2, 0.25) is 0 Å². The molecule has 0 spiro atoms. The molecule has 1 saturated heterocycles. The van der Waals surface area contributed by atoms with Crippen molar-refractivity contribution in [2.24, 2.45) is 5.92 Å². The van der Waals surface area contributed by atoms with E-state index in [2.05, 4.69) is 66.1 Å². The summed E-state index contributed by atoms with van der Waals surface area (Å²) in [7, 11) is 0. The summed E-state index contributed by atoms with van der Waals surface area (Å²) in [5.41, 5.74) is 1.86. The lowest BCUT2D eigenvalue weighted by Crippen LogP contribution is -2.46. The third-order valence-corrected chi connectivity index (χ3v) is 7.54. The van der Waals surface area contributed by atoms with Gasteiger partial charge in [0.25, 0.3) is 0 Å². The van der Waals surface area contributed by atoms with Crippen LogP contribution in [-0.2, 0) is 5.41 Å². The van der Waals surface area contributed by atoms with Crippen LogP contribution in [0.1, 0.15) is 32.3 Å². The van der Waals surface area contributed by atoms with Crippen LogP contribution in [0.3, 0.4) is 0 Å². The van der Waals surface area contributed by atoms with Crippen LogP contribution < -0.4 is 4.90 Å². The second-order valence-corrected chi connectivity index (χ2v) is 9.51. The van der Waals surface area contributed by atoms with Gasteiger partial charge in [0, 0.05) is 26.2 Å². The van der Waals surface area contributed by atoms with Gasteiger partial charge in [0.05, 0.1) is 21.7 Å². The maximum absolute atomic E-state index is 10.1. The van der Waals surface area contributed by atoms with E-state index in [9.17, 15) is 5.26 Å². The van der Waals surface area contributed by atoms with E-state index in [1.807, 2.05) is 18.2 Å². The van der Waals surface area contributed by atoms with Gasteiger partial charge >= 0.3 is 0 Å². The molecule has 0 bridgehead atoms. The minimum Gasteiger partial charge on any atom is -0.345 e. The number of benzene rings is 2. The molecule has 0 saturated carbocycles. The number of piperazine rings is 1. The summed E-state index contributed by atoms with van der Waals surface area (Å²) in [6, 6.07) is 21.4. The van der Waals surface area contributed by atoms with Crippen LogP contribution in [0.5, 0.6) is 0 Å². The molecule has 1 aromatic heterocycles. The Morgan fingerprint density at radius 2 is 1.73 bits per heavy atom. The maximum Gasteiger partial charge on any atom is 0.186 e. The fourth-order valence-electron chi connectivity index (χ4n) is 4.49. The van der Waals surface area contributed by atoms with Gasteiger partial charge in [-0.25, -0.2) is 4.98 Å². The van der Waals surface area contributed by atoms with E-state index >= 15 is 0 Å². The Kier molecular flexibility index (Phi) is 6.36. The Morgan fingerprint density at radius 1 is 1.03 bits per heavy atom. The number of aromatic nitrogens is 1. The van der Waals surface area contributed by atoms with Gasteiger partial charge in [0.2, 0.25) is 0 Å². The standard InChI is InChI=1S/C25H30N4S/c1-20(2)25(19-26,21-9-4-3-5-10-21)13-8-14-28-15-17-29(18-16-28)24-27-22-11-6-7-12-23(22)30-24/h3-7,9-12,20H,8,13-18H2,1-2H3. The number of fused-ring (bicyclic) bond motifs is 1. The minimum atomic E-state index is -0.399. The molecule has 0 radical (unpaired) electrons. The Bertz CT molecular complexity index is 966. The number of para-hydroxylation sites is 1. The van der Waals surface area contributed by atoms with E-state index < -0.39 is 5.41 Å². The Labute approximate surface area is 183 Å². The van der Waals surface area contributed by atoms with E-state index in [-0.39, 0.29) is 0 Å². The fourth-order valence-corrected chi connectivity index (χ4v) is 5.51. The molecule has 156 valence electrons. The molecule has 5 heteroatoms. The van der Waals surface area contributed by atoms with Gasteiger partial charge in [-0.3, -0.25) is 4.90 Å². The highest BCUT2D eigenvalue weighted by Gasteiger charge is 2.35. The molecular weight excluding hydrogens is 388 g/mol. The number of anilines is 1. The minimum absolute atomic E-state index is 0.292. The molecule has 0 amide bonds. The molecule has 0 aliphatic carbocycles. The van der Waals surface area contributed by atoms with Crippen LogP contribution in [0.15, 0.2) is 54.6 Å². The monoisotopic (exact) mass is 418 g/mol. The van der Waals surface area contributed by atoms with Crippen molar-refractivity contribution >= 4 is 26.7 Å². The largest absolute Gasteiger partial charge is 0.345 e. The molecule has 30 heavy (non-hydrogen) atoms. The highest BCUT2D eigenvalue weighted by atomic mass is 32.1. The summed E-state index contributed by atoms with van der Waals surface area (Å²) < 4.78 is 1.26. The van der Waals surface area contributed by atoms with Gasteiger partial charge in [-0.15, -0.1) is 0 Å². The maximum atomic E-state index is 10.1. The first-order chi connectivity index (χ1) is 14.6. The number of rotatable bonds is 7. The zero-order chi connectivity index (χ0) is 21.0. The average molecular weight is 419 g/mol. The number of thiazole rings is 1. The molecule has 1 fully saturated rings. The second kappa shape index (κ2) is 9.16. The van der Waals surface area contributed by atoms with Gasteiger partial charge in [-0.1, -0.05) is 67.6 Å². The second-order valence-electron chi connectivity index (χ2n) is 8.50. The van der Waals surface area contributed by atoms with Crippen molar-refractivity contribution in [3.05, 3.63) is 60.2 Å². The Morgan fingerprint density at radius 3 is 2.40 bits per heavy atom. The molecule has 3 aromatic rings. The van der Waals surface area contributed by atoms with Crippen molar-refractivity contribution in [3.63, 3.8) is 0 Å². The van der Waals surface area contributed by atoms with Crippen molar-refractivity contribution in [2.75, 3.05) is 37.6 Å². The average Bonchev–Trinajstić information content (AvgIpc) is 3.22. The number of nitriles is 1. The van der Waals surface area contributed by atoms with Crippen LogP contribution >= 0.6 is 11.3 Å². The first-order valence-electron chi connectivity index (χ1n) is 10.9. The fraction of sp³-hybridized carbons (Fsp3) is 0.440. The molecule has 2 aromatic carbocycles. The van der Waals surface area contributed by atoms with E-state index in [1.165, 1.54) is 4.70 Å². The summed E-state index contributed by atoms with van der Waals surface area (Å²) in [5, 5.41) is 11.2. The molecule has 1 unspecified atom stereocenters. The smallest absolute Gasteiger partial charge is 0.186 e. The lowest BCUT2D eigenvalue weighted by atomic mass is 9.70. The molecule has 4 rings (SSSR count). The molecule has 4 nitrogen and oxygen atoms in total. The Hall–Kier alpha value is -2.42. The van der Waals surface area contributed by atoms with Gasteiger partial charge in [-0.05, 0) is 43.0 Å². The topological polar surface area (TPSA) is 43.2 Å². The SMILES string of the molecule is CC(C)C(C#N)(CCCN1CCN(c2nc3ccccc3s2)CC1)c1ccccc1. The predicted molar refractivity (Wildman–Crippen MR) is 126 cm³/mol. The van der Waals surface area contributed by atoms with E-state index in [0.717, 1.165) is 61.8 Å². The van der Waals surface area contributed by atoms with Gasteiger partial charge in [0.1, 0.15) is 0 Å².